The van der Waals surface area contributed by atoms with Gasteiger partial charge >= 0.3 is 0 Å². The van der Waals surface area contributed by atoms with E-state index in [1.807, 2.05) is 18.4 Å². The molecule has 150 valence electrons. The summed E-state index contributed by atoms with van der Waals surface area (Å²) in [7, 11) is 0. The summed E-state index contributed by atoms with van der Waals surface area (Å²) in [5.74, 6) is -1.81. The zero-order valence-electron chi connectivity index (χ0n) is 16.2. The topological polar surface area (TPSA) is 50.7 Å². The lowest BCUT2D eigenvalue weighted by atomic mass is 10.0. The zero-order valence-corrected chi connectivity index (χ0v) is 17.0. The molecule has 1 aromatic heterocycles. The summed E-state index contributed by atoms with van der Waals surface area (Å²) in [6.45, 7) is 5.37. The molecular weight excluding hydrogens is 394 g/mol. The highest BCUT2D eigenvalue weighted by Crippen LogP contribution is 2.31. The fourth-order valence-electron chi connectivity index (χ4n) is 2.70. The highest BCUT2D eigenvalue weighted by molar-refractivity contribution is 7.12. The van der Waals surface area contributed by atoms with Crippen LogP contribution in [0.25, 0.3) is 11.1 Å². The first kappa shape index (κ1) is 20.7. The van der Waals surface area contributed by atoms with Crippen LogP contribution in [0.1, 0.15) is 34.6 Å². The van der Waals surface area contributed by atoms with Crippen LogP contribution in [0.2, 0.25) is 0 Å². The number of hydrogen-bond acceptors (Lipinski definition) is 4. The van der Waals surface area contributed by atoms with E-state index in [-0.39, 0.29) is 17.6 Å². The van der Waals surface area contributed by atoms with Gasteiger partial charge in [-0.2, -0.15) is 0 Å². The second kappa shape index (κ2) is 8.96. The molecule has 1 N–H and O–H groups in total. The van der Waals surface area contributed by atoms with Crippen LogP contribution in [0.3, 0.4) is 0 Å². The molecule has 0 radical (unpaired) electrons. The summed E-state index contributed by atoms with van der Waals surface area (Å²) in [4.78, 5) is 18.1. The normalized spacial score (nSPS) is 11.2. The molecule has 0 bridgehead atoms. The molecule has 0 aliphatic heterocycles. The van der Waals surface area contributed by atoms with E-state index in [2.05, 4.69) is 10.5 Å². The van der Waals surface area contributed by atoms with E-state index in [1.54, 1.807) is 38.1 Å². The van der Waals surface area contributed by atoms with Crippen LogP contribution in [0.4, 0.5) is 14.5 Å². The molecule has 0 unspecified atom stereocenters. The van der Waals surface area contributed by atoms with Crippen molar-refractivity contribution in [1.82, 2.24) is 0 Å². The molecule has 0 saturated carbocycles. The molecule has 7 heteroatoms. The molecule has 4 nitrogen and oxygen atoms in total. The molecule has 3 rings (SSSR count). The standard InChI is InChI=1S/C22H20F2N2O2S/c1-13(2)28-25-12-17-18(23)10-15(11-19(17)24)16-6-4-5-7-20(16)26-22(27)21-14(3)8-9-29-21/h4-13H,1-3H3,(H,26,27). The van der Waals surface area contributed by atoms with Crippen molar-refractivity contribution in [2.75, 3.05) is 5.32 Å². The summed E-state index contributed by atoms with van der Waals surface area (Å²) in [5, 5.41) is 8.27. The maximum atomic E-state index is 14.5. The lowest BCUT2D eigenvalue weighted by molar-refractivity contribution is 0.0872. The van der Waals surface area contributed by atoms with E-state index < -0.39 is 11.6 Å². The Balaban J connectivity index is 1.92. The van der Waals surface area contributed by atoms with Crippen molar-refractivity contribution in [3.05, 3.63) is 75.5 Å². The maximum Gasteiger partial charge on any atom is 0.266 e. The first-order chi connectivity index (χ1) is 13.9. The van der Waals surface area contributed by atoms with E-state index >= 15 is 0 Å². The van der Waals surface area contributed by atoms with Crippen molar-refractivity contribution in [3.8, 4) is 11.1 Å². The highest BCUT2D eigenvalue weighted by atomic mass is 32.1. The number of benzene rings is 2. The van der Waals surface area contributed by atoms with Gasteiger partial charge in [-0.1, -0.05) is 23.4 Å². The Morgan fingerprint density at radius 3 is 2.48 bits per heavy atom. The lowest BCUT2D eigenvalue weighted by Gasteiger charge is -2.12. The molecule has 1 amide bonds. The van der Waals surface area contributed by atoms with Crippen LogP contribution in [0, 0.1) is 18.6 Å². The number of amides is 1. The Kier molecular flexibility index (Phi) is 6.39. The first-order valence-electron chi connectivity index (χ1n) is 9.00. The number of oxime groups is 1. The Morgan fingerprint density at radius 1 is 1.17 bits per heavy atom. The van der Waals surface area contributed by atoms with E-state index in [0.717, 1.165) is 11.8 Å². The van der Waals surface area contributed by atoms with Crippen LogP contribution in [0.15, 0.2) is 53.0 Å². The van der Waals surface area contributed by atoms with Gasteiger partial charge < -0.3 is 10.2 Å². The summed E-state index contributed by atoms with van der Waals surface area (Å²) in [6.07, 6.45) is 0.820. The van der Waals surface area contributed by atoms with Crippen LogP contribution in [0.5, 0.6) is 0 Å². The number of halogens is 2. The predicted octanol–water partition coefficient (Wildman–Crippen LogP) is 6.01. The fourth-order valence-corrected chi connectivity index (χ4v) is 3.52. The molecule has 0 saturated heterocycles. The van der Waals surface area contributed by atoms with Gasteiger partial charge in [0.1, 0.15) is 17.7 Å². The fraction of sp³-hybridized carbons (Fsp3) is 0.182. The van der Waals surface area contributed by atoms with Gasteiger partial charge in [0.2, 0.25) is 0 Å². The number of nitrogens with zero attached hydrogens (tertiary/aromatic N) is 1. The number of thiophene rings is 1. The molecule has 1 heterocycles. The summed E-state index contributed by atoms with van der Waals surface area (Å²) >= 11 is 1.34. The second-order valence-corrected chi connectivity index (χ2v) is 7.59. The number of carbonyl (C=O) groups excluding carboxylic acids is 1. The first-order valence-corrected chi connectivity index (χ1v) is 9.88. The summed E-state index contributed by atoms with van der Waals surface area (Å²) in [5.41, 5.74) is 1.86. The van der Waals surface area contributed by atoms with Crippen molar-refractivity contribution >= 4 is 29.1 Å². The Morgan fingerprint density at radius 2 is 1.86 bits per heavy atom. The number of aryl methyl sites for hydroxylation is 1. The molecule has 0 aliphatic carbocycles. The molecule has 29 heavy (non-hydrogen) atoms. The minimum Gasteiger partial charge on any atom is -0.393 e. The van der Waals surface area contributed by atoms with Gasteiger partial charge in [0.05, 0.1) is 16.7 Å². The third kappa shape index (κ3) is 4.86. The number of carbonyl (C=O) groups is 1. The van der Waals surface area contributed by atoms with Crippen LogP contribution >= 0.6 is 11.3 Å². The van der Waals surface area contributed by atoms with Crippen LogP contribution in [-0.2, 0) is 4.84 Å². The van der Waals surface area contributed by atoms with Crippen molar-refractivity contribution in [2.45, 2.75) is 26.9 Å². The molecule has 2 aromatic carbocycles. The lowest BCUT2D eigenvalue weighted by Crippen LogP contribution is -2.12. The highest BCUT2D eigenvalue weighted by Gasteiger charge is 2.16. The van der Waals surface area contributed by atoms with E-state index in [1.165, 1.54) is 23.5 Å². The molecule has 3 aromatic rings. The average Bonchev–Trinajstić information content (AvgIpc) is 3.10. The van der Waals surface area contributed by atoms with E-state index in [9.17, 15) is 13.6 Å². The molecular formula is C22H20F2N2O2S. The molecule has 0 aliphatic rings. The molecule has 0 spiro atoms. The average molecular weight is 414 g/mol. The Hall–Kier alpha value is -3.06. The summed E-state index contributed by atoms with van der Waals surface area (Å²) in [6, 6.07) is 11.2. The van der Waals surface area contributed by atoms with Gasteiger partial charge in [-0.05, 0) is 61.5 Å². The van der Waals surface area contributed by atoms with Gasteiger partial charge in [0.25, 0.3) is 5.91 Å². The predicted molar refractivity (Wildman–Crippen MR) is 113 cm³/mol. The van der Waals surface area contributed by atoms with Crippen molar-refractivity contribution in [2.24, 2.45) is 5.16 Å². The third-order valence-electron chi connectivity index (χ3n) is 4.09. The Bertz CT molecular complexity index is 1040. The smallest absolute Gasteiger partial charge is 0.266 e. The van der Waals surface area contributed by atoms with Crippen LogP contribution in [-0.4, -0.2) is 18.2 Å². The number of rotatable bonds is 6. The maximum absolute atomic E-state index is 14.5. The number of anilines is 1. The quantitative estimate of drug-likeness (QED) is 0.396. The zero-order chi connectivity index (χ0) is 21.0. The number of para-hydroxylation sites is 1. The Labute approximate surface area is 171 Å². The third-order valence-corrected chi connectivity index (χ3v) is 5.10. The van der Waals surface area contributed by atoms with Gasteiger partial charge in [0.15, 0.2) is 0 Å². The molecule has 0 fully saturated rings. The van der Waals surface area contributed by atoms with Crippen molar-refractivity contribution in [1.29, 1.82) is 0 Å². The minimum atomic E-state index is -0.772. The van der Waals surface area contributed by atoms with Gasteiger partial charge in [-0.15, -0.1) is 11.3 Å². The van der Waals surface area contributed by atoms with Gasteiger partial charge in [-0.3, -0.25) is 4.79 Å². The second-order valence-electron chi connectivity index (χ2n) is 6.67. The summed E-state index contributed by atoms with van der Waals surface area (Å²) < 4.78 is 29.0. The van der Waals surface area contributed by atoms with Gasteiger partial charge in [0, 0.05) is 11.3 Å². The largest absolute Gasteiger partial charge is 0.393 e. The van der Waals surface area contributed by atoms with Crippen LogP contribution < -0.4 is 5.32 Å². The monoisotopic (exact) mass is 414 g/mol. The number of hydrogen-bond donors (Lipinski definition) is 1. The van der Waals surface area contributed by atoms with E-state index in [0.29, 0.717) is 21.7 Å². The van der Waals surface area contributed by atoms with E-state index in [4.69, 9.17) is 4.84 Å². The molecule has 0 atom stereocenters. The van der Waals surface area contributed by atoms with Gasteiger partial charge in [-0.25, -0.2) is 8.78 Å². The van der Waals surface area contributed by atoms with Crippen molar-refractivity contribution in [3.63, 3.8) is 0 Å². The minimum absolute atomic E-state index is 0.195. The van der Waals surface area contributed by atoms with Crippen molar-refractivity contribution < 1.29 is 18.4 Å². The SMILES string of the molecule is Cc1ccsc1C(=O)Nc1ccccc1-c1cc(F)c(C=NOC(C)C)c(F)c1. The number of nitrogens with one attached hydrogen (secondary N) is 1.